The van der Waals surface area contributed by atoms with E-state index < -0.39 is 12.0 Å². The van der Waals surface area contributed by atoms with Crippen LogP contribution in [0.5, 0.6) is 0 Å². The number of nitrogens with one attached hydrogen (secondary N) is 1. The van der Waals surface area contributed by atoms with Crippen molar-refractivity contribution >= 4 is 11.9 Å². The van der Waals surface area contributed by atoms with Crippen LogP contribution in [0.1, 0.15) is 59.3 Å². The van der Waals surface area contributed by atoms with E-state index in [2.05, 4.69) is 5.32 Å². The monoisotopic (exact) mass is 243 g/mol. The molecule has 0 aliphatic rings. The van der Waals surface area contributed by atoms with Crippen LogP contribution in [0.15, 0.2) is 0 Å². The van der Waals surface area contributed by atoms with Gasteiger partial charge in [-0.1, -0.05) is 40.0 Å². The third-order valence-corrected chi connectivity index (χ3v) is 2.84. The number of carbonyl (C=O) groups is 2. The second-order valence-corrected chi connectivity index (χ2v) is 4.46. The van der Waals surface area contributed by atoms with Gasteiger partial charge in [0.25, 0.3) is 0 Å². The Kier molecular flexibility index (Phi) is 8.46. The fraction of sp³-hybridized carbons (Fsp3) is 0.846. The predicted octanol–water partition coefficient (Wildman–Crippen LogP) is 2.57. The maximum absolute atomic E-state index is 11.9. The first-order chi connectivity index (χ1) is 8.06. The van der Waals surface area contributed by atoms with Crippen LogP contribution < -0.4 is 5.32 Å². The van der Waals surface area contributed by atoms with Crippen LogP contribution in [0.2, 0.25) is 0 Å². The van der Waals surface area contributed by atoms with Crippen molar-refractivity contribution in [3.05, 3.63) is 0 Å². The van der Waals surface area contributed by atoms with Gasteiger partial charge in [0, 0.05) is 5.92 Å². The Morgan fingerprint density at radius 2 is 1.47 bits per heavy atom. The first kappa shape index (κ1) is 15.9. The van der Waals surface area contributed by atoms with Crippen molar-refractivity contribution in [2.75, 3.05) is 0 Å². The maximum Gasteiger partial charge on any atom is 0.326 e. The Morgan fingerprint density at radius 1 is 1.00 bits per heavy atom. The molecule has 100 valence electrons. The van der Waals surface area contributed by atoms with Crippen molar-refractivity contribution in [3.63, 3.8) is 0 Å². The van der Waals surface area contributed by atoms with Crippen molar-refractivity contribution < 1.29 is 14.7 Å². The van der Waals surface area contributed by atoms with E-state index in [0.29, 0.717) is 6.42 Å². The SMILES string of the molecule is CCCC(CCC)C(=O)NC(CCC)C(=O)O. The molecule has 4 heteroatoms. The molecule has 0 aliphatic heterocycles. The minimum Gasteiger partial charge on any atom is -0.480 e. The van der Waals surface area contributed by atoms with Gasteiger partial charge in [-0.25, -0.2) is 4.79 Å². The van der Waals surface area contributed by atoms with Gasteiger partial charge in [-0.15, -0.1) is 0 Å². The topological polar surface area (TPSA) is 66.4 Å². The number of rotatable bonds is 9. The number of hydrogen-bond donors (Lipinski definition) is 2. The summed E-state index contributed by atoms with van der Waals surface area (Å²) in [5, 5.41) is 11.6. The zero-order valence-electron chi connectivity index (χ0n) is 11.2. The van der Waals surface area contributed by atoms with Crippen molar-refractivity contribution in [1.29, 1.82) is 0 Å². The molecule has 1 atom stereocenters. The highest BCUT2D eigenvalue weighted by Gasteiger charge is 2.23. The standard InChI is InChI=1S/C13H25NO3/c1-4-7-10(8-5-2)12(15)14-11(9-6-3)13(16)17/h10-11H,4-9H2,1-3H3,(H,14,15)(H,16,17). The smallest absolute Gasteiger partial charge is 0.326 e. The number of amides is 1. The highest BCUT2D eigenvalue weighted by Crippen LogP contribution is 2.14. The number of hydrogen-bond acceptors (Lipinski definition) is 2. The largest absolute Gasteiger partial charge is 0.480 e. The molecule has 0 saturated carbocycles. The molecule has 0 aromatic carbocycles. The van der Waals surface area contributed by atoms with E-state index in [1.54, 1.807) is 0 Å². The van der Waals surface area contributed by atoms with Crippen LogP contribution in [0, 0.1) is 5.92 Å². The van der Waals surface area contributed by atoms with Crippen LogP contribution in [-0.2, 0) is 9.59 Å². The lowest BCUT2D eigenvalue weighted by Crippen LogP contribution is -2.43. The molecule has 1 unspecified atom stereocenters. The number of carboxylic acid groups (broad SMARTS) is 1. The molecule has 0 radical (unpaired) electrons. The second kappa shape index (κ2) is 9.02. The fourth-order valence-corrected chi connectivity index (χ4v) is 1.94. The molecular weight excluding hydrogens is 218 g/mol. The summed E-state index contributed by atoms with van der Waals surface area (Å²) in [6.45, 7) is 5.99. The third kappa shape index (κ3) is 6.29. The summed E-state index contributed by atoms with van der Waals surface area (Å²) in [5.74, 6) is -1.08. The number of carboxylic acids is 1. The van der Waals surface area contributed by atoms with Gasteiger partial charge in [0.2, 0.25) is 5.91 Å². The summed E-state index contributed by atoms with van der Waals surface area (Å²) in [7, 11) is 0. The predicted molar refractivity (Wildman–Crippen MR) is 67.8 cm³/mol. The molecule has 1 amide bonds. The van der Waals surface area contributed by atoms with Crippen molar-refractivity contribution in [3.8, 4) is 0 Å². The first-order valence-corrected chi connectivity index (χ1v) is 6.59. The van der Waals surface area contributed by atoms with Crippen molar-refractivity contribution in [1.82, 2.24) is 5.32 Å². The van der Waals surface area contributed by atoms with Crippen LogP contribution in [0.4, 0.5) is 0 Å². The van der Waals surface area contributed by atoms with Gasteiger partial charge in [0.15, 0.2) is 0 Å². The summed E-state index contributed by atoms with van der Waals surface area (Å²) in [4.78, 5) is 22.9. The number of carbonyl (C=O) groups excluding carboxylic acids is 1. The molecule has 0 rings (SSSR count). The van der Waals surface area contributed by atoms with E-state index in [0.717, 1.165) is 32.1 Å². The maximum atomic E-state index is 11.9. The molecule has 4 nitrogen and oxygen atoms in total. The Balaban J connectivity index is 4.38. The van der Waals surface area contributed by atoms with Crippen LogP contribution in [0.3, 0.4) is 0 Å². The molecule has 0 aromatic heterocycles. The van der Waals surface area contributed by atoms with E-state index in [4.69, 9.17) is 5.11 Å². The summed E-state index contributed by atoms with van der Waals surface area (Å²) in [6, 6.07) is -0.733. The van der Waals surface area contributed by atoms with Crippen LogP contribution >= 0.6 is 0 Å². The minimum absolute atomic E-state index is 0.0382. The molecule has 0 spiro atoms. The molecule has 0 saturated heterocycles. The molecule has 17 heavy (non-hydrogen) atoms. The lowest BCUT2D eigenvalue weighted by Gasteiger charge is -2.19. The first-order valence-electron chi connectivity index (χ1n) is 6.59. The zero-order valence-corrected chi connectivity index (χ0v) is 11.2. The summed E-state index contributed by atoms with van der Waals surface area (Å²) in [5.41, 5.74) is 0. The molecule has 0 bridgehead atoms. The van der Waals surface area contributed by atoms with Gasteiger partial charge in [-0.3, -0.25) is 4.79 Å². The molecule has 0 fully saturated rings. The molecule has 0 aromatic rings. The fourth-order valence-electron chi connectivity index (χ4n) is 1.94. The van der Waals surface area contributed by atoms with E-state index in [-0.39, 0.29) is 11.8 Å². The van der Waals surface area contributed by atoms with Crippen molar-refractivity contribution in [2.45, 2.75) is 65.3 Å². The molecule has 2 N–H and O–H groups in total. The molecule has 0 heterocycles. The number of aliphatic carboxylic acids is 1. The summed E-state index contributed by atoms with van der Waals surface area (Å²) < 4.78 is 0. The van der Waals surface area contributed by atoms with Crippen molar-refractivity contribution in [2.24, 2.45) is 5.92 Å². The Bertz CT molecular complexity index is 235. The van der Waals surface area contributed by atoms with E-state index >= 15 is 0 Å². The average Bonchev–Trinajstić information content (AvgIpc) is 2.28. The van der Waals surface area contributed by atoms with Gasteiger partial charge in [-0.2, -0.15) is 0 Å². The lowest BCUT2D eigenvalue weighted by atomic mass is 9.96. The van der Waals surface area contributed by atoms with Gasteiger partial charge in [0.05, 0.1) is 0 Å². The third-order valence-electron chi connectivity index (χ3n) is 2.84. The average molecular weight is 243 g/mol. The molecular formula is C13H25NO3. The van der Waals surface area contributed by atoms with Gasteiger partial charge in [-0.05, 0) is 19.3 Å². The lowest BCUT2D eigenvalue weighted by molar-refractivity contribution is -0.142. The highest BCUT2D eigenvalue weighted by molar-refractivity contribution is 5.84. The van der Waals surface area contributed by atoms with E-state index in [1.807, 2.05) is 20.8 Å². The minimum atomic E-state index is -0.938. The summed E-state index contributed by atoms with van der Waals surface area (Å²) >= 11 is 0. The second-order valence-electron chi connectivity index (χ2n) is 4.46. The quantitative estimate of drug-likeness (QED) is 0.654. The van der Waals surface area contributed by atoms with Gasteiger partial charge in [0.1, 0.15) is 6.04 Å². The van der Waals surface area contributed by atoms with Gasteiger partial charge < -0.3 is 10.4 Å². The Morgan fingerprint density at radius 3 is 1.82 bits per heavy atom. The highest BCUT2D eigenvalue weighted by atomic mass is 16.4. The van der Waals surface area contributed by atoms with Crippen LogP contribution in [0.25, 0.3) is 0 Å². The van der Waals surface area contributed by atoms with Gasteiger partial charge >= 0.3 is 5.97 Å². The molecule has 0 aliphatic carbocycles. The zero-order chi connectivity index (χ0) is 13.3. The Hall–Kier alpha value is -1.06. The van der Waals surface area contributed by atoms with E-state index in [1.165, 1.54) is 0 Å². The van der Waals surface area contributed by atoms with E-state index in [9.17, 15) is 9.59 Å². The summed E-state index contributed by atoms with van der Waals surface area (Å²) in [6.07, 6.45) is 4.80. The van der Waals surface area contributed by atoms with Crippen LogP contribution in [-0.4, -0.2) is 23.0 Å². The normalized spacial score (nSPS) is 12.5. The Labute approximate surface area is 104 Å².